The Morgan fingerprint density at radius 3 is 2.23 bits per heavy atom. The van der Waals surface area contributed by atoms with Crippen molar-refractivity contribution in [2.24, 2.45) is 11.1 Å². The SMILES string of the molecule is N[C@@H](Cc1ccc(O)c(O)c1)C(=O)OCC(CO)(CO)CO. The number of ether oxygens (including phenoxy) is 1. The number of aliphatic hydroxyl groups is 3. The predicted octanol–water partition coefficient (Wildman–Crippen LogP) is -1.53. The van der Waals surface area contributed by atoms with E-state index in [-0.39, 0.29) is 24.5 Å². The zero-order valence-electron chi connectivity index (χ0n) is 12.0. The normalized spacial score (nSPS) is 12.9. The van der Waals surface area contributed by atoms with Crippen LogP contribution in [0.3, 0.4) is 0 Å². The Morgan fingerprint density at radius 2 is 1.73 bits per heavy atom. The summed E-state index contributed by atoms with van der Waals surface area (Å²) in [5, 5.41) is 45.9. The molecular weight excluding hydrogens is 294 g/mol. The zero-order valence-corrected chi connectivity index (χ0v) is 12.0. The maximum absolute atomic E-state index is 11.8. The van der Waals surface area contributed by atoms with Crippen LogP contribution in [-0.4, -0.2) is 64.0 Å². The highest BCUT2D eigenvalue weighted by atomic mass is 16.5. The molecule has 1 aromatic carbocycles. The molecule has 0 spiro atoms. The van der Waals surface area contributed by atoms with Gasteiger partial charge in [-0.1, -0.05) is 6.07 Å². The van der Waals surface area contributed by atoms with E-state index in [0.717, 1.165) is 0 Å². The molecule has 1 aromatic rings. The molecule has 0 radical (unpaired) electrons. The third-order valence-electron chi connectivity index (χ3n) is 3.33. The second-order valence-corrected chi connectivity index (χ2v) is 5.22. The first-order chi connectivity index (χ1) is 10.4. The Bertz CT molecular complexity index is 494. The summed E-state index contributed by atoms with van der Waals surface area (Å²) in [6.45, 7) is -2.01. The lowest BCUT2D eigenvalue weighted by Crippen LogP contribution is -2.42. The maximum atomic E-state index is 11.8. The molecule has 8 heteroatoms. The number of hydrogen-bond donors (Lipinski definition) is 6. The fraction of sp³-hybridized carbons (Fsp3) is 0.500. The number of esters is 1. The molecule has 8 nitrogen and oxygen atoms in total. The summed E-state index contributed by atoms with van der Waals surface area (Å²) in [4.78, 5) is 11.8. The summed E-state index contributed by atoms with van der Waals surface area (Å²) in [5.74, 6) is -1.37. The lowest BCUT2D eigenvalue weighted by atomic mass is 9.92. The Balaban J connectivity index is 2.60. The van der Waals surface area contributed by atoms with Crippen molar-refractivity contribution in [2.75, 3.05) is 26.4 Å². The second kappa shape index (κ2) is 7.95. The van der Waals surface area contributed by atoms with Gasteiger partial charge in [0.15, 0.2) is 11.5 Å². The van der Waals surface area contributed by atoms with E-state index >= 15 is 0 Å². The number of aliphatic hydroxyl groups excluding tert-OH is 3. The summed E-state index contributed by atoms with van der Waals surface area (Å²) in [6.07, 6.45) is 0.0665. The molecule has 1 rings (SSSR count). The fourth-order valence-corrected chi connectivity index (χ4v) is 1.65. The molecule has 0 heterocycles. The smallest absolute Gasteiger partial charge is 0.323 e. The van der Waals surface area contributed by atoms with Crippen LogP contribution in [0.25, 0.3) is 0 Å². The number of nitrogens with two attached hydrogens (primary N) is 1. The Morgan fingerprint density at radius 1 is 1.14 bits per heavy atom. The van der Waals surface area contributed by atoms with Crippen LogP contribution in [0.2, 0.25) is 0 Å². The quantitative estimate of drug-likeness (QED) is 0.249. The van der Waals surface area contributed by atoms with Crippen LogP contribution in [0.5, 0.6) is 11.5 Å². The first-order valence-electron chi connectivity index (χ1n) is 6.63. The second-order valence-electron chi connectivity index (χ2n) is 5.22. The molecule has 124 valence electrons. The minimum absolute atomic E-state index is 0.0665. The molecule has 0 aliphatic carbocycles. The van der Waals surface area contributed by atoms with Crippen molar-refractivity contribution >= 4 is 5.97 Å². The van der Waals surface area contributed by atoms with Crippen molar-refractivity contribution in [3.63, 3.8) is 0 Å². The van der Waals surface area contributed by atoms with Gasteiger partial charge in [0.25, 0.3) is 0 Å². The van der Waals surface area contributed by atoms with Crippen LogP contribution in [0.1, 0.15) is 5.56 Å². The molecule has 7 N–H and O–H groups in total. The van der Waals surface area contributed by atoms with Gasteiger partial charge in [-0.2, -0.15) is 0 Å². The minimum Gasteiger partial charge on any atom is -0.504 e. The van der Waals surface area contributed by atoms with Gasteiger partial charge in [-0.3, -0.25) is 4.79 Å². The Kier molecular flexibility index (Phi) is 6.57. The molecular formula is C14H21NO7. The van der Waals surface area contributed by atoms with E-state index in [1.807, 2.05) is 0 Å². The molecule has 0 saturated carbocycles. The third kappa shape index (κ3) is 4.57. The van der Waals surface area contributed by atoms with E-state index in [1.165, 1.54) is 18.2 Å². The van der Waals surface area contributed by atoms with E-state index in [4.69, 9.17) is 25.8 Å². The standard InChI is InChI=1S/C14H21NO7/c15-10(3-9-1-2-11(19)12(20)4-9)13(21)22-8-14(5-16,6-17)7-18/h1-2,4,10,16-20H,3,5-8,15H2/t10-/m0/s1. The van der Waals surface area contributed by atoms with Crippen LogP contribution in [0.4, 0.5) is 0 Å². The van der Waals surface area contributed by atoms with Gasteiger partial charge in [0.05, 0.1) is 25.2 Å². The lowest BCUT2D eigenvalue weighted by Gasteiger charge is -2.27. The fourth-order valence-electron chi connectivity index (χ4n) is 1.65. The van der Waals surface area contributed by atoms with Gasteiger partial charge < -0.3 is 36.0 Å². The highest BCUT2D eigenvalue weighted by Crippen LogP contribution is 2.25. The topological polar surface area (TPSA) is 153 Å². The van der Waals surface area contributed by atoms with Gasteiger partial charge in [-0.05, 0) is 24.1 Å². The monoisotopic (exact) mass is 315 g/mol. The van der Waals surface area contributed by atoms with Crippen molar-refractivity contribution in [1.82, 2.24) is 0 Å². The molecule has 1 atom stereocenters. The molecule has 0 aliphatic heterocycles. The van der Waals surface area contributed by atoms with Crippen LogP contribution in [0, 0.1) is 5.41 Å². The van der Waals surface area contributed by atoms with Crippen LogP contribution in [0.15, 0.2) is 18.2 Å². The van der Waals surface area contributed by atoms with Crippen LogP contribution in [-0.2, 0) is 16.0 Å². The first kappa shape index (κ1) is 18.2. The van der Waals surface area contributed by atoms with Crippen molar-refractivity contribution < 1.29 is 35.1 Å². The predicted molar refractivity (Wildman–Crippen MR) is 76.1 cm³/mol. The Hall–Kier alpha value is -1.87. The zero-order chi connectivity index (χ0) is 16.8. The van der Waals surface area contributed by atoms with E-state index < -0.39 is 37.2 Å². The number of carbonyl (C=O) groups excluding carboxylic acids is 1. The van der Waals surface area contributed by atoms with Gasteiger partial charge in [-0.15, -0.1) is 0 Å². The minimum atomic E-state index is -1.31. The Labute approximate surface area is 127 Å². The van der Waals surface area contributed by atoms with Crippen molar-refractivity contribution in [2.45, 2.75) is 12.5 Å². The van der Waals surface area contributed by atoms with Gasteiger partial charge in [-0.25, -0.2) is 0 Å². The average Bonchev–Trinajstić information content (AvgIpc) is 2.52. The van der Waals surface area contributed by atoms with Crippen molar-refractivity contribution in [3.8, 4) is 11.5 Å². The number of benzene rings is 1. The number of phenolic OH excluding ortho intramolecular Hbond substituents is 2. The van der Waals surface area contributed by atoms with Gasteiger partial charge in [0.1, 0.15) is 12.6 Å². The van der Waals surface area contributed by atoms with Gasteiger partial charge in [0, 0.05) is 0 Å². The number of phenols is 2. The highest BCUT2D eigenvalue weighted by molar-refractivity contribution is 5.76. The van der Waals surface area contributed by atoms with E-state index in [0.29, 0.717) is 5.56 Å². The summed E-state index contributed by atoms with van der Waals surface area (Å²) < 4.78 is 4.91. The molecule has 0 aromatic heterocycles. The van der Waals surface area contributed by atoms with E-state index in [1.54, 1.807) is 0 Å². The summed E-state index contributed by atoms with van der Waals surface area (Å²) >= 11 is 0. The third-order valence-corrected chi connectivity index (χ3v) is 3.33. The van der Waals surface area contributed by atoms with Crippen molar-refractivity contribution in [3.05, 3.63) is 23.8 Å². The maximum Gasteiger partial charge on any atom is 0.323 e. The van der Waals surface area contributed by atoms with Gasteiger partial charge >= 0.3 is 5.97 Å². The van der Waals surface area contributed by atoms with E-state index in [2.05, 4.69) is 0 Å². The largest absolute Gasteiger partial charge is 0.504 e. The summed E-state index contributed by atoms with van der Waals surface area (Å²) in [6, 6.07) is 3.03. The number of aromatic hydroxyl groups is 2. The lowest BCUT2D eigenvalue weighted by molar-refractivity contribution is -0.152. The first-order valence-corrected chi connectivity index (χ1v) is 6.63. The molecule has 0 unspecified atom stereocenters. The average molecular weight is 315 g/mol. The van der Waals surface area contributed by atoms with Crippen LogP contribution < -0.4 is 5.73 Å². The number of rotatable bonds is 8. The number of hydrogen-bond acceptors (Lipinski definition) is 8. The van der Waals surface area contributed by atoms with Crippen molar-refractivity contribution in [1.29, 1.82) is 0 Å². The summed E-state index contributed by atoms with van der Waals surface area (Å²) in [7, 11) is 0. The highest BCUT2D eigenvalue weighted by Gasteiger charge is 2.31. The molecule has 0 fully saturated rings. The molecule has 0 bridgehead atoms. The molecule has 0 saturated heterocycles. The molecule has 0 amide bonds. The number of carbonyl (C=O) groups is 1. The molecule has 22 heavy (non-hydrogen) atoms. The van der Waals surface area contributed by atoms with Gasteiger partial charge in [0.2, 0.25) is 0 Å². The molecule has 0 aliphatic rings. The van der Waals surface area contributed by atoms with E-state index in [9.17, 15) is 15.0 Å². The van der Waals surface area contributed by atoms with Crippen LogP contribution >= 0.6 is 0 Å². The summed E-state index contributed by atoms with van der Waals surface area (Å²) in [5.41, 5.74) is 4.90.